The molecule has 0 saturated carbocycles. The zero-order valence-corrected chi connectivity index (χ0v) is 13.3. The second kappa shape index (κ2) is 7.17. The Morgan fingerprint density at radius 1 is 1.41 bits per heavy atom. The first kappa shape index (κ1) is 16.2. The Balaban J connectivity index is 1.96. The van der Waals surface area contributed by atoms with E-state index in [4.69, 9.17) is 5.11 Å². The maximum absolute atomic E-state index is 12.3. The van der Waals surface area contributed by atoms with Crippen molar-refractivity contribution in [3.05, 3.63) is 52.0 Å². The van der Waals surface area contributed by atoms with Gasteiger partial charge in [0, 0.05) is 31.1 Å². The summed E-state index contributed by atoms with van der Waals surface area (Å²) in [5.41, 5.74) is 0.905. The van der Waals surface area contributed by atoms with Gasteiger partial charge in [0.15, 0.2) is 0 Å². The number of nitrogens with zero attached hydrogens (tertiary/aromatic N) is 2. The van der Waals surface area contributed by atoms with Crippen LogP contribution in [-0.2, 0) is 11.2 Å². The van der Waals surface area contributed by atoms with Crippen LogP contribution in [0.2, 0.25) is 0 Å². The van der Waals surface area contributed by atoms with Crippen LogP contribution in [0.15, 0.2) is 35.8 Å². The van der Waals surface area contributed by atoms with Crippen molar-refractivity contribution in [1.82, 2.24) is 9.88 Å². The number of carbonyl (C=O) groups excluding carboxylic acids is 1. The first-order chi connectivity index (χ1) is 10.5. The van der Waals surface area contributed by atoms with Crippen molar-refractivity contribution in [3.63, 3.8) is 0 Å². The third-order valence-corrected chi connectivity index (χ3v) is 4.38. The number of carboxylic acid groups (broad SMARTS) is 1. The van der Waals surface area contributed by atoms with Crippen molar-refractivity contribution in [3.8, 4) is 0 Å². The molecule has 1 unspecified atom stereocenters. The lowest BCUT2D eigenvalue weighted by Gasteiger charge is -2.20. The van der Waals surface area contributed by atoms with Gasteiger partial charge in [-0.05, 0) is 17.7 Å². The van der Waals surface area contributed by atoms with E-state index in [0.29, 0.717) is 12.1 Å². The minimum atomic E-state index is -0.986. The van der Waals surface area contributed by atoms with Gasteiger partial charge in [-0.25, -0.2) is 9.78 Å². The SMILES string of the molecule is CC(CN(C)C(=O)Cc1cccc(C(=O)O)c1)c1nccs1. The van der Waals surface area contributed by atoms with Crippen LogP contribution in [-0.4, -0.2) is 40.5 Å². The van der Waals surface area contributed by atoms with Crippen molar-refractivity contribution in [2.45, 2.75) is 19.3 Å². The topological polar surface area (TPSA) is 70.5 Å². The first-order valence-electron chi connectivity index (χ1n) is 6.93. The summed E-state index contributed by atoms with van der Waals surface area (Å²) in [4.78, 5) is 29.1. The van der Waals surface area contributed by atoms with Crippen LogP contribution >= 0.6 is 11.3 Å². The maximum atomic E-state index is 12.3. The van der Waals surface area contributed by atoms with E-state index < -0.39 is 5.97 Å². The predicted molar refractivity (Wildman–Crippen MR) is 85.3 cm³/mol. The number of thiazole rings is 1. The van der Waals surface area contributed by atoms with Gasteiger partial charge in [-0.15, -0.1) is 11.3 Å². The highest BCUT2D eigenvalue weighted by Crippen LogP contribution is 2.18. The van der Waals surface area contributed by atoms with Crippen LogP contribution in [0.4, 0.5) is 0 Å². The summed E-state index contributed by atoms with van der Waals surface area (Å²) in [5.74, 6) is -0.842. The maximum Gasteiger partial charge on any atom is 0.335 e. The fourth-order valence-corrected chi connectivity index (χ4v) is 2.88. The lowest BCUT2D eigenvalue weighted by Crippen LogP contribution is -2.31. The number of hydrogen-bond donors (Lipinski definition) is 1. The molecule has 0 fully saturated rings. The number of benzene rings is 1. The zero-order chi connectivity index (χ0) is 16.1. The van der Waals surface area contributed by atoms with E-state index in [1.807, 2.05) is 12.3 Å². The highest BCUT2D eigenvalue weighted by atomic mass is 32.1. The molecule has 0 radical (unpaired) electrons. The molecule has 2 aromatic rings. The molecule has 0 bridgehead atoms. The van der Waals surface area contributed by atoms with E-state index in [1.165, 1.54) is 6.07 Å². The molecule has 5 nitrogen and oxygen atoms in total. The van der Waals surface area contributed by atoms with Crippen molar-refractivity contribution >= 4 is 23.2 Å². The van der Waals surface area contributed by atoms with Gasteiger partial charge in [0.25, 0.3) is 0 Å². The van der Waals surface area contributed by atoms with Crippen LogP contribution in [0.25, 0.3) is 0 Å². The molecule has 0 aliphatic heterocycles. The number of aromatic nitrogens is 1. The van der Waals surface area contributed by atoms with Gasteiger partial charge >= 0.3 is 5.97 Å². The Labute approximate surface area is 133 Å². The van der Waals surface area contributed by atoms with Crippen LogP contribution in [0.3, 0.4) is 0 Å². The van der Waals surface area contributed by atoms with Crippen molar-refractivity contribution in [1.29, 1.82) is 0 Å². The Bertz CT molecular complexity index is 655. The number of rotatable bonds is 6. The van der Waals surface area contributed by atoms with Crippen molar-refractivity contribution in [2.24, 2.45) is 0 Å². The molecule has 1 aromatic carbocycles. The van der Waals surface area contributed by atoms with Gasteiger partial charge in [0.2, 0.25) is 5.91 Å². The number of hydrogen-bond acceptors (Lipinski definition) is 4. The van der Waals surface area contributed by atoms with E-state index >= 15 is 0 Å². The summed E-state index contributed by atoms with van der Waals surface area (Å²) in [6, 6.07) is 6.48. The molecule has 0 aliphatic rings. The Kier molecular flexibility index (Phi) is 5.27. The molecule has 1 heterocycles. The molecule has 1 atom stereocenters. The summed E-state index contributed by atoms with van der Waals surface area (Å²) >= 11 is 1.58. The predicted octanol–water partition coefficient (Wildman–Crippen LogP) is 2.65. The fourth-order valence-electron chi connectivity index (χ4n) is 2.19. The van der Waals surface area contributed by atoms with E-state index in [-0.39, 0.29) is 23.8 Å². The quantitative estimate of drug-likeness (QED) is 0.889. The van der Waals surface area contributed by atoms with Crippen molar-refractivity contribution < 1.29 is 14.7 Å². The summed E-state index contributed by atoms with van der Waals surface area (Å²) in [5, 5.41) is 11.9. The number of carboxylic acids is 1. The average molecular weight is 318 g/mol. The first-order valence-corrected chi connectivity index (χ1v) is 7.81. The molecule has 0 aliphatic carbocycles. The third-order valence-electron chi connectivity index (χ3n) is 3.38. The third kappa shape index (κ3) is 4.14. The molecule has 22 heavy (non-hydrogen) atoms. The molecular weight excluding hydrogens is 300 g/mol. The normalized spacial score (nSPS) is 11.9. The van der Waals surface area contributed by atoms with E-state index in [2.05, 4.69) is 4.98 Å². The Hall–Kier alpha value is -2.21. The van der Waals surface area contributed by atoms with Gasteiger partial charge in [0.1, 0.15) is 0 Å². The van der Waals surface area contributed by atoms with Gasteiger partial charge in [-0.1, -0.05) is 19.1 Å². The molecule has 6 heteroatoms. The lowest BCUT2D eigenvalue weighted by molar-refractivity contribution is -0.129. The molecule has 1 amide bonds. The van der Waals surface area contributed by atoms with Gasteiger partial charge in [-0.3, -0.25) is 4.79 Å². The van der Waals surface area contributed by atoms with Crippen LogP contribution in [0, 0.1) is 0 Å². The summed E-state index contributed by atoms with van der Waals surface area (Å²) in [6.45, 7) is 2.62. The van der Waals surface area contributed by atoms with Crippen LogP contribution in [0.1, 0.15) is 33.8 Å². The minimum Gasteiger partial charge on any atom is -0.478 e. The number of aromatic carboxylic acids is 1. The Morgan fingerprint density at radius 3 is 2.82 bits per heavy atom. The minimum absolute atomic E-state index is 0.0362. The highest BCUT2D eigenvalue weighted by Gasteiger charge is 2.16. The monoisotopic (exact) mass is 318 g/mol. The van der Waals surface area contributed by atoms with Crippen molar-refractivity contribution in [2.75, 3.05) is 13.6 Å². The van der Waals surface area contributed by atoms with E-state index in [9.17, 15) is 9.59 Å². The number of carbonyl (C=O) groups is 2. The molecule has 1 N–H and O–H groups in total. The molecule has 116 valence electrons. The second-order valence-electron chi connectivity index (χ2n) is 5.23. The lowest BCUT2D eigenvalue weighted by atomic mass is 10.1. The smallest absolute Gasteiger partial charge is 0.335 e. The van der Waals surface area contributed by atoms with E-state index in [1.54, 1.807) is 47.7 Å². The number of amides is 1. The standard InChI is InChI=1S/C16H18N2O3S/c1-11(15-17-6-7-22-15)10-18(2)14(19)9-12-4-3-5-13(8-12)16(20)21/h3-8,11H,9-10H2,1-2H3,(H,20,21). The zero-order valence-electron chi connectivity index (χ0n) is 12.5. The molecule has 1 aromatic heterocycles. The van der Waals surface area contributed by atoms with Crippen LogP contribution < -0.4 is 0 Å². The fraction of sp³-hybridized carbons (Fsp3) is 0.312. The van der Waals surface area contributed by atoms with Gasteiger partial charge in [0.05, 0.1) is 17.0 Å². The van der Waals surface area contributed by atoms with Gasteiger partial charge in [-0.2, -0.15) is 0 Å². The number of likely N-dealkylation sites (N-methyl/N-ethyl adjacent to an activating group) is 1. The second-order valence-corrected chi connectivity index (χ2v) is 6.15. The van der Waals surface area contributed by atoms with E-state index in [0.717, 1.165) is 5.01 Å². The highest BCUT2D eigenvalue weighted by molar-refractivity contribution is 7.09. The van der Waals surface area contributed by atoms with Gasteiger partial charge < -0.3 is 10.0 Å². The summed E-state index contributed by atoms with van der Waals surface area (Å²) < 4.78 is 0. The Morgan fingerprint density at radius 2 is 2.18 bits per heavy atom. The average Bonchev–Trinajstić information content (AvgIpc) is 3.01. The molecule has 0 spiro atoms. The summed E-state index contributed by atoms with van der Waals surface area (Å²) in [7, 11) is 1.76. The summed E-state index contributed by atoms with van der Waals surface area (Å²) in [6.07, 6.45) is 1.96. The molecule has 0 saturated heterocycles. The molecule has 2 rings (SSSR count). The molecular formula is C16H18N2O3S. The largest absolute Gasteiger partial charge is 0.478 e. The van der Waals surface area contributed by atoms with Crippen LogP contribution in [0.5, 0.6) is 0 Å².